The Morgan fingerprint density at radius 2 is 1.73 bits per heavy atom. The molecular weight excluding hydrogens is 514 g/mol. The van der Waals surface area contributed by atoms with Crippen molar-refractivity contribution in [1.82, 2.24) is 9.97 Å². The quantitative estimate of drug-likeness (QED) is 0.283. The topological polar surface area (TPSA) is 90.8 Å². The number of amides is 1. The fraction of sp³-hybridized carbons (Fsp3) is 0.364. The number of rotatable bonds is 7. The minimum absolute atomic E-state index is 0.129. The molecule has 0 saturated carbocycles. The lowest BCUT2D eigenvalue weighted by molar-refractivity contribution is 0.102. The van der Waals surface area contributed by atoms with Crippen molar-refractivity contribution in [3.63, 3.8) is 0 Å². The van der Waals surface area contributed by atoms with Gasteiger partial charge >= 0.3 is 0 Å². The summed E-state index contributed by atoms with van der Waals surface area (Å²) in [5.41, 5.74) is 3.58. The summed E-state index contributed by atoms with van der Waals surface area (Å²) in [6.45, 7) is 5.96. The number of hydrogen-bond donors (Lipinski definition) is 2. The molecule has 8 heteroatoms. The highest BCUT2D eigenvalue weighted by Gasteiger charge is 2.21. The number of piperidine rings is 2. The van der Waals surface area contributed by atoms with Crippen molar-refractivity contribution in [2.45, 2.75) is 39.0 Å². The summed E-state index contributed by atoms with van der Waals surface area (Å²) in [7, 11) is 0. The largest absolute Gasteiger partial charge is 0.438 e. The van der Waals surface area contributed by atoms with Crippen LogP contribution in [0.4, 0.5) is 17.3 Å². The zero-order chi connectivity index (χ0) is 28.2. The number of aliphatic hydroxyl groups excluding tert-OH is 1. The second-order valence-corrected chi connectivity index (χ2v) is 11.1. The summed E-state index contributed by atoms with van der Waals surface area (Å²) >= 11 is 0. The van der Waals surface area contributed by atoms with Crippen molar-refractivity contribution >= 4 is 34.0 Å². The van der Waals surface area contributed by atoms with E-state index in [1.807, 2.05) is 55.5 Å². The molecule has 0 radical (unpaired) electrons. The number of aromatic nitrogens is 2. The fourth-order valence-electron chi connectivity index (χ4n) is 5.86. The van der Waals surface area contributed by atoms with Gasteiger partial charge in [-0.3, -0.25) is 4.79 Å². The van der Waals surface area contributed by atoms with E-state index in [1.54, 1.807) is 12.3 Å². The Kier molecular flexibility index (Phi) is 8.00. The number of anilines is 3. The maximum atomic E-state index is 13.5. The number of ether oxygens (including phenoxy) is 1. The third-order valence-corrected chi connectivity index (χ3v) is 8.17. The van der Waals surface area contributed by atoms with Crippen LogP contribution >= 0.6 is 0 Å². The number of fused-ring (bicyclic) bond motifs is 1. The van der Waals surface area contributed by atoms with E-state index in [0.717, 1.165) is 66.7 Å². The van der Waals surface area contributed by atoms with Gasteiger partial charge in [0, 0.05) is 72.8 Å². The molecule has 212 valence electrons. The molecule has 0 aliphatic carbocycles. The molecule has 2 saturated heterocycles. The molecule has 0 spiro atoms. The predicted octanol–water partition coefficient (Wildman–Crippen LogP) is 6.18. The average molecular weight is 552 g/mol. The lowest BCUT2D eigenvalue weighted by Gasteiger charge is -2.31. The third-order valence-electron chi connectivity index (χ3n) is 8.17. The standard InChI is InChI=1S/C33H37N5O3/c1-23-19-25(21-26(20-23)37-15-5-2-6-16-37)32(40)35-29-9-10-30(28-8-4-3-7-27(28)29)41-31-11-14-34-33(36-31)38-17-12-24(22-39)13-18-38/h3-4,7-11,14,19-21,24,39H,2,5-6,12-13,15-18,22H2,1H3,(H,35,40). The normalized spacial score (nSPS) is 16.1. The first-order valence-corrected chi connectivity index (χ1v) is 14.6. The molecule has 3 heterocycles. The molecule has 1 amide bonds. The zero-order valence-electron chi connectivity index (χ0n) is 23.6. The van der Waals surface area contributed by atoms with Gasteiger partial charge < -0.3 is 25.0 Å². The Hall–Kier alpha value is -4.17. The van der Waals surface area contributed by atoms with E-state index in [-0.39, 0.29) is 12.5 Å². The van der Waals surface area contributed by atoms with Gasteiger partial charge in [-0.15, -0.1) is 0 Å². The van der Waals surface area contributed by atoms with Crippen LogP contribution < -0.4 is 19.9 Å². The second-order valence-electron chi connectivity index (χ2n) is 11.1. The van der Waals surface area contributed by atoms with E-state index in [4.69, 9.17) is 4.74 Å². The number of carbonyl (C=O) groups is 1. The van der Waals surface area contributed by atoms with Crippen molar-refractivity contribution in [3.05, 3.63) is 78.0 Å². The highest BCUT2D eigenvalue weighted by molar-refractivity contribution is 6.10. The number of carbonyl (C=O) groups excluding carboxylic acids is 1. The van der Waals surface area contributed by atoms with E-state index < -0.39 is 0 Å². The van der Waals surface area contributed by atoms with Crippen LogP contribution in [0.25, 0.3) is 10.8 Å². The summed E-state index contributed by atoms with van der Waals surface area (Å²) in [5, 5.41) is 14.4. The Morgan fingerprint density at radius 3 is 2.51 bits per heavy atom. The van der Waals surface area contributed by atoms with Crippen molar-refractivity contribution in [2.75, 3.05) is 47.9 Å². The van der Waals surface area contributed by atoms with Crippen molar-refractivity contribution in [1.29, 1.82) is 0 Å². The Labute approximate surface area is 241 Å². The van der Waals surface area contributed by atoms with Gasteiger partial charge in [-0.1, -0.05) is 24.3 Å². The summed E-state index contributed by atoms with van der Waals surface area (Å²) in [6.07, 6.45) is 7.21. The number of aryl methyl sites for hydroxylation is 1. The summed E-state index contributed by atoms with van der Waals surface area (Å²) in [4.78, 5) is 27.1. The first-order chi connectivity index (χ1) is 20.1. The molecule has 3 aromatic carbocycles. The first kappa shape index (κ1) is 27.0. The highest BCUT2D eigenvalue weighted by Crippen LogP contribution is 2.35. The van der Waals surface area contributed by atoms with Gasteiger partial charge in [-0.25, -0.2) is 4.98 Å². The van der Waals surface area contributed by atoms with Gasteiger partial charge in [0.15, 0.2) is 0 Å². The number of hydrogen-bond acceptors (Lipinski definition) is 7. The van der Waals surface area contributed by atoms with E-state index in [2.05, 4.69) is 31.2 Å². The molecule has 0 bridgehead atoms. The maximum Gasteiger partial charge on any atom is 0.255 e. The third kappa shape index (κ3) is 6.12. The smallest absolute Gasteiger partial charge is 0.255 e. The molecule has 1 aromatic heterocycles. The van der Waals surface area contributed by atoms with Gasteiger partial charge in [0.25, 0.3) is 5.91 Å². The first-order valence-electron chi connectivity index (χ1n) is 14.6. The SMILES string of the molecule is Cc1cc(C(=O)Nc2ccc(Oc3ccnc(N4CCC(CO)CC4)n3)c3ccccc23)cc(N2CCCCC2)c1. The average Bonchev–Trinajstić information content (AvgIpc) is 3.02. The minimum atomic E-state index is -0.129. The molecule has 41 heavy (non-hydrogen) atoms. The zero-order valence-corrected chi connectivity index (χ0v) is 23.6. The second kappa shape index (κ2) is 12.1. The van der Waals surface area contributed by atoms with Crippen molar-refractivity contribution in [3.8, 4) is 11.6 Å². The minimum Gasteiger partial charge on any atom is -0.438 e. The highest BCUT2D eigenvalue weighted by atomic mass is 16.5. The molecule has 4 aromatic rings. The van der Waals surface area contributed by atoms with Crippen molar-refractivity contribution in [2.24, 2.45) is 5.92 Å². The van der Waals surface area contributed by atoms with Crippen LogP contribution in [0.5, 0.6) is 11.6 Å². The monoisotopic (exact) mass is 551 g/mol. The van der Waals surface area contributed by atoms with Crippen LogP contribution in [-0.4, -0.2) is 53.8 Å². The molecule has 0 unspecified atom stereocenters. The summed E-state index contributed by atoms with van der Waals surface area (Å²) in [6, 6.07) is 19.5. The van der Waals surface area contributed by atoms with Gasteiger partial charge in [0.05, 0.1) is 0 Å². The van der Waals surface area contributed by atoms with Gasteiger partial charge in [0.2, 0.25) is 11.8 Å². The predicted molar refractivity (Wildman–Crippen MR) is 163 cm³/mol. The summed E-state index contributed by atoms with van der Waals surface area (Å²) < 4.78 is 6.27. The van der Waals surface area contributed by atoms with E-state index >= 15 is 0 Å². The fourth-order valence-corrected chi connectivity index (χ4v) is 5.86. The Morgan fingerprint density at radius 1 is 0.951 bits per heavy atom. The van der Waals surface area contributed by atoms with Crippen LogP contribution in [-0.2, 0) is 0 Å². The van der Waals surface area contributed by atoms with Gasteiger partial charge in [0.1, 0.15) is 5.75 Å². The molecule has 2 aliphatic rings. The van der Waals surface area contributed by atoms with Crippen LogP contribution in [0.3, 0.4) is 0 Å². The van der Waals surface area contributed by atoms with E-state index in [0.29, 0.717) is 29.1 Å². The number of nitrogens with zero attached hydrogens (tertiary/aromatic N) is 4. The Bertz CT molecular complexity index is 1530. The van der Waals surface area contributed by atoms with Crippen LogP contribution in [0, 0.1) is 12.8 Å². The van der Waals surface area contributed by atoms with E-state index in [9.17, 15) is 9.90 Å². The lowest BCUT2D eigenvalue weighted by Crippen LogP contribution is -2.35. The van der Waals surface area contributed by atoms with Gasteiger partial charge in [-0.05, 0) is 80.8 Å². The summed E-state index contributed by atoms with van der Waals surface area (Å²) in [5.74, 6) is 1.97. The molecule has 0 atom stereocenters. The number of benzene rings is 3. The van der Waals surface area contributed by atoms with Crippen LogP contribution in [0.2, 0.25) is 0 Å². The number of aliphatic hydroxyl groups is 1. The maximum absolute atomic E-state index is 13.5. The molecule has 2 aliphatic heterocycles. The van der Waals surface area contributed by atoms with E-state index in [1.165, 1.54) is 19.3 Å². The Balaban J connectivity index is 1.22. The molecule has 8 nitrogen and oxygen atoms in total. The van der Waals surface area contributed by atoms with Crippen LogP contribution in [0.1, 0.15) is 48.0 Å². The number of nitrogens with one attached hydrogen (secondary N) is 1. The molecule has 2 fully saturated rings. The molecule has 2 N–H and O–H groups in total. The van der Waals surface area contributed by atoms with Gasteiger partial charge in [-0.2, -0.15) is 4.98 Å². The molecular formula is C33H37N5O3. The lowest BCUT2D eigenvalue weighted by atomic mass is 9.98. The van der Waals surface area contributed by atoms with Crippen molar-refractivity contribution < 1.29 is 14.6 Å². The molecule has 6 rings (SSSR count). The van der Waals surface area contributed by atoms with Crippen LogP contribution in [0.15, 0.2) is 66.9 Å².